The predicted molar refractivity (Wildman–Crippen MR) is 68.6 cm³/mol. The number of non-ortho nitro benzene ring substituents is 1. The summed E-state index contributed by atoms with van der Waals surface area (Å²) in [5.41, 5.74) is 5.76. The molecule has 3 unspecified atom stereocenters. The minimum Gasteiger partial charge on any atom is -0.486 e. The number of rotatable bonds is 4. The minimum absolute atomic E-state index is 0.00853. The lowest BCUT2D eigenvalue weighted by atomic mass is 9.86. The van der Waals surface area contributed by atoms with Crippen LogP contribution in [0.3, 0.4) is 0 Å². The lowest BCUT2D eigenvalue weighted by Gasteiger charge is -2.41. The third-order valence-electron chi connectivity index (χ3n) is 2.97. The summed E-state index contributed by atoms with van der Waals surface area (Å²) in [6.45, 7) is 0. The smallest absolute Gasteiger partial charge is 0.273 e. The molecule has 2 rings (SSSR count). The van der Waals surface area contributed by atoms with Gasteiger partial charge in [-0.1, -0.05) is 0 Å². The molecule has 1 aromatic carbocycles. The fraction of sp³-hybridized carbons (Fsp3) is 0.455. The highest BCUT2D eigenvalue weighted by atomic mass is 79.9. The van der Waals surface area contributed by atoms with Gasteiger partial charge in [-0.25, -0.2) is 0 Å². The number of hydrogen-bond donors (Lipinski definition) is 1. The summed E-state index contributed by atoms with van der Waals surface area (Å²) < 4.78 is 11.6. The van der Waals surface area contributed by atoms with Gasteiger partial charge in [-0.2, -0.15) is 0 Å². The molecule has 2 N–H and O–H groups in total. The third kappa shape index (κ3) is 2.47. The van der Waals surface area contributed by atoms with E-state index in [4.69, 9.17) is 15.2 Å². The second-order valence-electron chi connectivity index (χ2n) is 4.13. The summed E-state index contributed by atoms with van der Waals surface area (Å²) in [4.78, 5) is 10.2. The number of nitro benzene ring substituents is 1. The maximum atomic E-state index is 10.7. The van der Waals surface area contributed by atoms with E-state index >= 15 is 0 Å². The molecule has 0 spiro atoms. The van der Waals surface area contributed by atoms with Crippen molar-refractivity contribution in [1.29, 1.82) is 0 Å². The van der Waals surface area contributed by atoms with Gasteiger partial charge in [0.2, 0.25) is 0 Å². The van der Waals surface area contributed by atoms with Gasteiger partial charge >= 0.3 is 0 Å². The lowest BCUT2D eigenvalue weighted by Crippen LogP contribution is -2.59. The van der Waals surface area contributed by atoms with Gasteiger partial charge in [0.05, 0.1) is 15.5 Å². The average Bonchev–Trinajstić information content (AvgIpc) is 2.31. The van der Waals surface area contributed by atoms with Crippen LogP contribution in [-0.4, -0.2) is 30.3 Å². The predicted octanol–water partition coefficient (Wildman–Crippen LogP) is 1.85. The zero-order valence-electron chi connectivity index (χ0n) is 9.71. The number of halogens is 1. The third-order valence-corrected chi connectivity index (χ3v) is 3.62. The first-order valence-corrected chi connectivity index (χ1v) is 6.21. The van der Waals surface area contributed by atoms with Crippen molar-refractivity contribution < 1.29 is 14.4 Å². The number of benzene rings is 1. The van der Waals surface area contributed by atoms with Crippen LogP contribution in [0.4, 0.5) is 5.69 Å². The molecule has 0 aromatic heterocycles. The standard InChI is InChI=1S/C11H13BrN2O4/c1-17-11-8(13)5-10(11)18-9-4-6(14(15)16)2-3-7(9)12/h2-4,8,10-11H,5,13H2,1H3. The van der Waals surface area contributed by atoms with Crippen molar-refractivity contribution in [1.82, 2.24) is 0 Å². The van der Waals surface area contributed by atoms with Crippen molar-refractivity contribution in [2.24, 2.45) is 5.73 Å². The summed E-state index contributed by atoms with van der Waals surface area (Å²) in [7, 11) is 1.57. The van der Waals surface area contributed by atoms with Gasteiger partial charge < -0.3 is 15.2 Å². The molecular formula is C11H13BrN2O4. The van der Waals surface area contributed by atoms with Gasteiger partial charge in [-0.3, -0.25) is 10.1 Å². The summed E-state index contributed by atoms with van der Waals surface area (Å²) in [6, 6.07) is 4.35. The highest BCUT2D eigenvalue weighted by Gasteiger charge is 2.41. The van der Waals surface area contributed by atoms with E-state index in [0.717, 1.165) is 0 Å². The van der Waals surface area contributed by atoms with E-state index in [-0.39, 0.29) is 23.9 Å². The van der Waals surface area contributed by atoms with Crippen LogP contribution in [0, 0.1) is 10.1 Å². The first kappa shape index (κ1) is 13.3. The number of nitro groups is 1. The first-order chi connectivity index (χ1) is 8.52. The largest absolute Gasteiger partial charge is 0.486 e. The molecule has 0 saturated heterocycles. The molecule has 0 heterocycles. The van der Waals surface area contributed by atoms with Gasteiger partial charge in [-0.15, -0.1) is 0 Å². The van der Waals surface area contributed by atoms with Crippen LogP contribution in [0.2, 0.25) is 0 Å². The highest BCUT2D eigenvalue weighted by molar-refractivity contribution is 9.10. The quantitative estimate of drug-likeness (QED) is 0.676. The number of nitrogens with zero attached hydrogens (tertiary/aromatic N) is 1. The van der Waals surface area contributed by atoms with E-state index in [1.54, 1.807) is 13.2 Å². The van der Waals surface area contributed by atoms with Gasteiger partial charge in [-0.05, 0) is 22.0 Å². The zero-order chi connectivity index (χ0) is 13.3. The fourth-order valence-electron chi connectivity index (χ4n) is 1.92. The maximum Gasteiger partial charge on any atom is 0.273 e. The Kier molecular flexibility index (Phi) is 3.84. The Balaban J connectivity index is 2.14. The fourth-order valence-corrected chi connectivity index (χ4v) is 2.26. The van der Waals surface area contributed by atoms with Crippen LogP contribution < -0.4 is 10.5 Å². The molecule has 3 atom stereocenters. The Bertz CT molecular complexity index is 468. The van der Waals surface area contributed by atoms with Crippen molar-refractivity contribution in [2.45, 2.75) is 24.7 Å². The van der Waals surface area contributed by atoms with E-state index in [2.05, 4.69) is 15.9 Å². The Labute approximate surface area is 112 Å². The van der Waals surface area contributed by atoms with E-state index in [1.807, 2.05) is 0 Å². The zero-order valence-corrected chi connectivity index (χ0v) is 11.3. The molecule has 1 aliphatic rings. The Morgan fingerprint density at radius 3 is 2.83 bits per heavy atom. The Hall–Kier alpha value is -1.18. The molecule has 0 bridgehead atoms. The average molecular weight is 317 g/mol. The monoisotopic (exact) mass is 316 g/mol. The van der Waals surface area contributed by atoms with Crippen LogP contribution in [-0.2, 0) is 4.74 Å². The van der Waals surface area contributed by atoms with E-state index in [1.165, 1.54) is 12.1 Å². The second kappa shape index (κ2) is 5.21. The van der Waals surface area contributed by atoms with Crippen molar-refractivity contribution in [3.63, 3.8) is 0 Å². The lowest BCUT2D eigenvalue weighted by molar-refractivity contribution is -0.385. The van der Waals surface area contributed by atoms with Crippen LogP contribution in [0.25, 0.3) is 0 Å². The number of hydrogen-bond acceptors (Lipinski definition) is 5. The Morgan fingerprint density at radius 1 is 1.56 bits per heavy atom. The van der Waals surface area contributed by atoms with E-state index in [0.29, 0.717) is 16.6 Å². The SMILES string of the molecule is COC1C(N)CC1Oc1cc([N+](=O)[O-])ccc1Br. The maximum absolute atomic E-state index is 10.7. The number of methoxy groups -OCH3 is 1. The van der Waals surface area contributed by atoms with Crippen LogP contribution in [0.15, 0.2) is 22.7 Å². The molecule has 1 saturated carbocycles. The normalized spacial score (nSPS) is 26.5. The molecule has 6 nitrogen and oxygen atoms in total. The molecular weight excluding hydrogens is 304 g/mol. The molecule has 0 amide bonds. The van der Waals surface area contributed by atoms with Gasteiger partial charge in [0.1, 0.15) is 18.0 Å². The Morgan fingerprint density at radius 2 is 2.28 bits per heavy atom. The molecule has 7 heteroatoms. The van der Waals surface area contributed by atoms with Gasteiger partial charge in [0, 0.05) is 25.6 Å². The summed E-state index contributed by atoms with van der Waals surface area (Å²) in [5.74, 6) is 0.433. The van der Waals surface area contributed by atoms with Crippen LogP contribution in [0.1, 0.15) is 6.42 Å². The molecule has 0 aliphatic heterocycles. The molecule has 98 valence electrons. The molecule has 0 radical (unpaired) electrons. The summed E-state index contributed by atoms with van der Waals surface area (Å²) in [6.07, 6.45) is 0.340. The van der Waals surface area contributed by atoms with Crippen molar-refractivity contribution in [3.8, 4) is 5.75 Å². The number of ether oxygens (including phenoxy) is 2. The molecule has 18 heavy (non-hydrogen) atoms. The topological polar surface area (TPSA) is 87.6 Å². The summed E-state index contributed by atoms with van der Waals surface area (Å²) in [5, 5.41) is 10.7. The number of nitrogens with two attached hydrogens (primary N) is 1. The van der Waals surface area contributed by atoms with Crippen molar-refractivity contribution in [3.05, 3.63) is 32.8 Å². The van der Waals surface area contributed by atoms with Gasteiger partial charge in [0.25, 0.3) is 5.69 Å². The van der Waals surface area contributed by atoms with Crippen LogP contribution in [0.5, 0.6) is 5.75 Å². The highest BCUT2D eigenvalue weighted by Crippen LogP contribution is 2.34. The molecule has 1 aliphatic carbocycles. The summed E-state index contributed by atoms with van der Waals surface area (Å²) >= 11 is 3.30. The van der Waals surface area contributed by atoms with Crippen molar-refractivity contribution >= 4 is 21.6 Å². The van der Waals surface area contributed by atoms with E-state index in [9.17, 15) is 10.1 Å². The van der Waals surface area contributed by atoms with Crippen LogP contribution >= 0.6 is 15.9 Å². The van der Waals surface area contributed by atoms with Crippen molar-refractivity contribution in [2.75, 3.05) is 7.11 Å². The van der Waals surface area contributed by atoms with E-state index < -0.39 is 4.92 Å². The van der Waals surface area contributed by atoms with Gasteiger partial charge in [0.15, 0.2) is 0 Å². The second-order valence-corrected chi connectivity index (χ2v) is 4.98. The first-order valence-electron chi connectivity index (χ1n) is 5.42. The molecule has 1 aromatic rings. The molecule has 1 fully saturated rings. The minimum atomic E-state index is -0.459.